The van der Waals surface area contributed by atoms with Crippen LogP contribution in [0.1, 0.15) is 26.0 Å². The van der Waals surface area contributed by atoms with Crippen LogP contribution in [-0.4, -0.2) is 35.5 Å². The number of methoxy groups -OCH3 is 1. The van der Waals surface area contributed by atoms with Gasteiger partial charge in [0.05, 0.1) is 7.11 Å². The number of nitrogens with zero attached hydrogens (tertiary/aromatic N) is 2. The maximum Gasteiger partial charge on any atom is 0.237 e. The normalized spacial score (nSPS) is 11.2. The first-order valence-corrected chi connectivity index (χ1v) is 7.95. The van der Waals surface area contributed by atoms with E-state index >= 15 is 0 Å². The number of amides is 1. The molecule has 0 fully saturated rings. The predicted molar refractivity (Wildman–Crippen MR) is 83.8 cm³/mol. The Morgan fingerprint density at radius 2 is 2.33 bits per heavy atom. The molecule has 0 spiro atoms. The fraction of sp³-hybridized carbons (Fsp3) is 0.571. The fourth-order valence-electron chi connectivity index (χ4n) is 1.95. The van der Waals surface area contributed by atoms with E-state index in [0.29, 0.717) is 31.3 Å². The number of carbonyl (C=O) groups is 1. The van der Waals surface area contributed by atoms with Gasteiger partial charge < -0.3 is 15.4 Å². The quantitative estimate of drug-likeness (QED) is 0.728. The summed E-state index contributed by atoms with van der Waals surface area (Å²) in [7, 11) is 1.62. The average molecular weight is 310 g/mol. The van der Waals surface area contributed by atoms with E-state index in [1.54, 1.807) is 18.4 Å². The molecule has 0 aliphatic carbocycles. The van der Waals surface area contributed by atoms with Gasteiger partial charge in [0, 0.05) is 37.6 Å². The van der Waals surface area contributed by atoms with Gasteiger partial charge in [-0.3, -0.25) is 9.20 Å². The summed E-state index contributed by atoms with van der Waals surface area (Å²) in [5, 5.41) is 8.16. The van der Waals surface area contributed by atoms with Gasteiger partial charge in [0.1, 0.15) is 5.69 Å². The summed E-state index contributed by atoms with van der Waals surface area (Å²) < 4.78 is 7.30. The second kappa shape index (κ2) is 7.42. The van der Waals surface area contributed by atoms with Crippen LogP contribution in [0, 0.1) is 5.92 Å². The molecular formula is C14H22N4O2S. The number of fused-ring (bicyclic) bond motifs is 1. The number of rotatable bonds is 8. The van der Waals surface area contributed by atoms with E-state index in [1.165, 1.54) is 0 Å². The van der Waals surface area contributed by atoms with E-state index in [1.807, 2.05) is 16.0 Å². The molecule has 0 bridgehead atoms. The lowest BCUT2D eigenvalue weighted by atomic mass is 10.2. The molecule has 0 aliphatic rings. The molecule has 2 N–H and O–H groups in total. The second-order valence-electron chi connectivity index (χ2n) is 5.25. The lowest BCUT2D eigenvalue weighted by molar-refractivity contribution is -0.121. The van der Waals surface area contributed by atoms with E-state index < -0.39 is 0 Å². The molecule has 21 heavy (non-hydrogen) atoms. The molecular weight excluding hydrogens is 288 g/mol. The van der Waals surface area contributed by atoms with Gasteiger partial charge in [0.25, 0.3) is 0 Å². The third-order valence-corrected chi connectivity index (χ3v) is 3.80. The Morgan fingerprint density at radius 3 is 3.05 bits per heavy atom. The molecule has 7 heteroatoms. The van der Waals surface area contributed by atoms with Crippen LogP contribution in [0.2, 0.25) is 0 Å². The number of nitrogens with one attached hydrogen (secondary N) is 2. The van der Waals surface area contributed by atoms with Gasteiger partial charge in [-0.25, -0.2) is 0 Å². The van der Waals surface area contributed by atoms with Crippen LogP contribution in [0.3, 0.4) is 0 Å². The minimum atomic E-state index is 0.0807. The van der Waals surface area contributed by atoms with Gasteiger partial charge >= 0.3 is 0 Å². The summed E-state index contributed by atoms with van der Waals surface area (Å²) in [5.74, 6) is 1.19. The molecule has 0 saturated heterocycles. The van der Waals surface area contributed by atoms with E-state index in [0.717, 1.165) is 17.2 Å². The standard InChI is InChI=1S/C14H22N4O2S/c1-10(2)8-16-12(19)4-5-15-9-11-13(20-3)17-14-18(11)6-7-21-14/h6-7,10,15H,4-5,8-9H2,1-3H3,(H,16,19). The van der Waals surface area contributed by atoms with Crippen molar-refractivity contribution in [1.29, 1.82) is 0 Å². The van der Waals surface area contributed by atoms with Crippen molar-refractivity contribution in [3.05, 3.63) is 17.3 Å². The molecule has 0 radical (unpaired) electrons. The first-order chi connectivity index (χ1) is 10.1. The Hall–Kier alpha value is -1.60. The van der Waals surface area contributed by atoms with Gasteiger partial charge in [-0.05, 0) is 5.92 Å². The topological polar surface area (TPSA) is 67.7 Å². The Kier molecular flexibility index (Phi) is 5.58. The van der Waals surface area contributed by atoms with Crippen LogP contribution in [0.15, 0.2) is 11.6 Å². The second-order valence-corrected chi connectivity index (χ2v) is 6.12. The largest absolute Gasteiger partial charge is 0.480 e. The Balaban J connectivity index is 1.79. The maximum atomic E-state index is 11.6. The number of thiazole rings is 1. The number of hydrogen-bond acceptors (Lipinski definition) is 5. The summed E-state index contributed by atoms with van der Waals surface area (Å²) in [6, 6.07) is 0. The maximum absolute atomic E-state index is 11.6. The number of carbonyl (C=O) groups excluding carboxylic acids is 1. The highest BCUT2D eigenvalue weighted by atomic mass is 32.1. The molecule has 0 atom stereocenters. The van der Waals surface area contributed by atoms with Crippen LogP contribution >= 0.6 is 11.3 Å². The van der Waals surface area contributed by atoms with Crippen molar-refractivity contribution < 1.29 is 9.53 Å². The first kappa shape index (κ1) is 15.8. The minimum absolute atomic E-state index is 0.0807. The summed E-state index contributed by atoms with van der Waals surface area (Å²) in [5.41, 5.74) is 0.983. The molecule has 6 nitrogen and oxygen atoms in total. The highest BCUT2D eigenvalue weighted by Crippen LogP contribution is 2.22. The molecule has 2 rings (SSSR count). The molecule has 0 unspecified atom stereocenters. The van der Waals surface area contributed by atoms with E-state index in [4.69, 9.17) is 4.74 Å². The summed E-state index contributed by atoms with van der Waals surface area (Å²) in [4.78, 5) is 16.9. The van der Waals surface area contributed by atoms with E-state index in [-0.39, 0.29) is 5.91 Å². The van der Waals surface area contributed by atoms with Crippen LogP contribution < -0.4 is 15.4 Å². The highest BCUT2D eigenvalue weighted by molar-refractivity contribution is 7.15. The van der Waals surface area contributed by atoms with Gasteiger partial charge in [-0.15, -0.1) is 11.3 Å². The van der Waals surface area contributed by atoms with Gasteiger partial charge in [-0.1, -0.05) is 13.8 Å². The highest BCUT2D eigenvalue weighted by Gasteiger charge is 2.13. The van der Waals surface area contributed by atoms with Crippen LogP contribution in [-0.2, 0) is 11.3 Å². The van der Waals surface area contributed by atoms with Crippen LogP contribution in [0.25, 0.3) is 4.96 Å². The SMILES string of the molecule is COc1nc2sccn2c1CNCCC(=O)NCC(C)C. The summed E-state index contributed by atoms with van der Waals surface area (Å²) in [6.45, 7) is 6.14. The first-order valence-electron chi connectivity index (χ1n) is 7.07. The van der Waals surface area contributed by atoms with Crippen LogP contribution in [0.5, 0.6) is 5.88 Å². The van der Waals surface area contributed by atoms with E-state index in [9.17, 15) is 4.79 Å². The number of ether oxygens (including phenoxy) is 1. The van der Waals surface area contributed by atoms with Crippen molar-refractivity contribution in [2.75, 3.05) is 20.2 Å². The minimum Gasteiger partial charge on any atom is -0.480 e. The smallest absolute Gasteiger partial charge is 0.237 e. The van der Waals surface area contributed by atoms with Crippen molar-refractivity contribution in [3.63, 3.8) is 0 Å². The molecule has 2 aromatic heterocycles. The van der Waals surface area contributed by atoms with Gasteiger partial charge in [0.15, 0.2) is 4.96 Å². The molecule has 116 valence electrons. The van der Waals surface area contributed by atoms with Crippen molar-refractivity contribution in [2.24, 2.45) is 5.92 Å². The third kappa shape index (κ3) is 4.18. The van der Waals surface area contributed by atoms with Crippen molar-refractivity contribution in [1.82, 2.24) is 20.0 Å². The zero-order chi connectivity index (χ0) is 15.2. The number of aromatic nitrogens is 2. The third-order valence-electron chi connectivity index (χ3n) is 3.05. The lowest BCUT2D eigenvalue weighted by Gasteiger charge is -2.08. The lowest BCUT2D eigenvalue weighted by Crippen LogP contribution is -2.30. The zero-order valence-electron chi connectivity index (χ0n) is 12.7. The number of imidazole rings is 1. The molecule has 0 saturated carbocycles. The molecule has 2 aromatic rings. The molecule has 0 aliphatic heterocycles. The van der Waals surface area contributed by atoms with Crippen molar-refractivity contribution >= 4 is 22.2 Å². The zero-order valence-corrected chi connectivity index (χ0v) is 13.5. The Bertz CT molecular complexity index is 591. The number of hydrogen-bond donors (Lipinski definition) is 2. The molecule has 2 heterocycles. The fourth-order valence-corrected chi connectivity index (χ4v) is 2.68. The van der Waals surface area contributed by atoms with Crippen LogP contribution in [0.4, 0.5) is 0 Å². The van der Waals surface area contributed by atoms with Crippen molar-refractivity contribution in [3.8, 4) is 5.88 Å². The Labute approximate surface area is 128 Å². The van der Waals surface area contributed by atoms with Gasteiger partial charge in [0.2, 0.25) is 11.8 Å². The summed E-state index contributed by atoms with van der Waals surface area (Å²) in [6.07, 6.45) is 2.45. The average Bonchev–Trinajstić information content (AvgIpc) is 3.02. The van der Waals surface area contributed by atoms with Gasteiger partial charge in [-0.2, -0.15) is 4.98 Å². The monoisotopic (exact) mass is 310 g/mol. The molecule has 1 amide bonds. The molecule has 0 aromatic carbocycles. The van der Waals surface area contributed by atoms with Crippen molar-refractivity contribution in [2.45, 2.75) is 26.8 Å². The Morgan fingerprint density at radius 1 is 1.52 bits per heavy atom. The predicted octanol–water partition coefficient (Wildman–Crippen LogP) is 1.66. The van der Waals surface area contributed by atoms with E-state index in [2.05, 4.69) is 29.5 Å². The summed E-state index contributed by atoms with van der Waals surface area (Å²) >= 11 is 1.57.